The summed E-state index contributed by atoms with van der Waals surface area (Å²) in [6, 6.07) is 0.276. The number of hydrogen-bond donors (Lipinski definition) is 1. The Morgan fingerprint density at radius 3 is 2.62 bits per heavy atom. The van der Waals surface area contributed by atoms with Gasteiger partial charge in [0.2, 0.25) is 0 Å². The number of aliphatic imine (C=N–C) groups is 2. The molecule has 90 valence electrons. The van der Waals surface area contributed by atoms with Gasteiger partial charge < -0.3 is 10.5 Å². The Morgan fingerprint density at radius 1 is 1.44 bits per heavy atom. The first kappa shape index (κ1) is 12.9. The van der Waals surface area contributed by atoms with Crippen LogP contribution >= 0.6 is 0 Å². The van der Waals surface area contributed by atoms with Gasteiger partial charge in [-0.2, -0.15) is 0 Å². The second kappa shape index (κ2) is 5.80. The van der Waals surface area contributed by atoms with Gasteiger partial charge in [-0.1, -0.05) is 0 Å². The standard InChI is InChI=1S/C12H21N3O/c1-8-7-11(5-6-16-8)15-12(14-4)9(2)10(3)13/h8,11H,4-7,13H2,1-3H3. The summed E-state index contributed by atoms with van der Waals surface area (Å²) in [5, 5.41) is 0. The van der Waals surface area contributed by atoms with E-state index in [-0.39, 0.29) is 12.1 Å². The normalized spacial score (nSPS) is 28.6. The van der Waals surface area contributed by atoms with Crippen molar-refractivity contribution in [3.8, 4) is 0 Å². The summed E-state index contributed by atoms with van der Waals surface area (Å²) < 4.78 is 5.48. The topological polar surface area (TPSA) is 60.0 Å². The molecule has 1 heterocycles. The first-order chi connectivity index (χ1) is 7.54. The molecule has 2 unspecified atom stereocenters. The Bertz CT molecular complexity index is 316. The van der Waals surface area contributed by atoms with Crippen molar-refractivity contribution in [3.05, 3.63) is 11.3 Å². The maximum Gasteiger partial charge on any atom is 0.151 e. The summed E-state index contributed by atoms with van der Waals surface area (Å²) in [4.78, 5) is 8.54. The summed E-state index contributed by atoms with van der Waals surface area (Å²) in [7, 11) is 0. The number of ether oxygens (including phenoxy) is 1. The van der Waals surface area contributed by atoms with Gasteiger partial charge in [0, 0.05) is 17.9 Å². The average molecular weight is 223 g/mol. The van der Waals surface area contributed by atoms with E-state index in [9.17, 15) is 0 Å². The van der Waals surface area contributed by atoms with Crippen molar-refractivity contribution < 1.29 is 4.74 Å². The zero-order chi connectivity index (χ0) is 12.1. The number of nitrogens with two attached hydrogens (primary N) is 1. The molecule has 2 N–H and O–H groups in total. The second-order valence-electron chi connectivity index (χ2n) is 4.28. The molecule has 1 saturated heterocycles. The fourth-order valence-corrected chi connectivity index (χ4v) is 1.70. The molecular formula is C12H21N3O. The van der Waals surface area contributed by atoms with Crippen LogP contribution in [0, 0.1) is 0 Å². The van der Waals surface area contributed by atoms with Crippen LogP contribution in [0.5, 0.6) is 0 Å². The molecule has 0 aromatic rings. The number of hydrogen-bond acceptors (Lipinski definition) is 3. The van der Waals surface area contributed by atoms with Gasteiger partial charge in [0.05, 0.1) is 12.1 Å². The van der Waals surface area contributed by atoms with Crippen LogP contribution in [0.1, 0.15) is 33.6 Å². The third-order valence-electron chi connectivity index (χ3n) is 2.84. The number of nitrogens with zero attached hydrogens (tertiary/aromatic N) is 2. The van der Waals surface area contributed by atoms with Crippen LogP contribution in [-0.4, -0.2) is 31.3 Å². The Hall–Kier alpha value is -1.16. The fraction of sp³-hybridized carbons (Fsp3) is 0.667. The highest BCUT2D eigenvalue weighted by Gasteiger charge is 2.19. The summed E-state index contributed by atoms with van der Waals surface area (Å²) in [6.45, 7) is 10.2. The van der Waals surface area contributed by atoms with Crippen LogP contribution in [0.15, 0.2) is 21.3 Å². The second-order valence-corrected chi connectivity index (χ2v) is 4.28. The van der Waals surface area contributed by atoms with Gasteiger partial charge in [0.15, 0.2) is 5.84 Å². The Balaban J connectivity index is 2.79. The number of amidine groups is 1. The van der Waals surface area contributed by atoms with Gasteiger partial charge in [0.1, 0.15) is 0 Å². The molecule has 0 spiro atoms. The Kier molecular flexibility index (Phi) is 4.68. The summed E-state index contributed by atoms with van der Waals surface area (Å²) >= 11 is 0. The molecule has 1 fully saturated rings. The zero-order valence-corrected chi connectivity index (χ0v) is 10.4. The minimum absolute atomic E-state index is 0.275. The van der Waals surface area contributed by atoms with E-state index in [2.05, 4.69) is 23.6 Å². The van der Waals surface area contributed by atoms with Gasteiger partial charge in [0.25, 0.3) is 0 Å². The van der Waals surface area contributed by atoms with Gasteiger partial charge in [-0.3, -0.25) is 4.99 Å². The molecule has 0 aromatic carbocycles. The molecule has 0 bridgehead atoms. The van der Waals surface area contributed by atoms with Crippen LogP contribution in [0.2, 0.25) is 0 Å². The maximum absolute atomic E-state index is 5.73. The fourth-order valence-electron chi connectivity index (χ4n) is 1.70. The van der Waals surface area contributed by atoms with E-state index < -0.39 is 0 Å². The van der Waals surface area contributed by atoms with Crippen molar-refractivity contribution in [2.45, 2.75) is 45.8 Å². The van der Waals surface area contributed by atoms with Gasteiger partial charge >= 0.3 is 0 Å². The lowest BCUT2D eigenvalue weighted by molar-refractivity contribution is 0.0204. The predicted octanol–water partition coefficient (Wildman–Crippen LogP) is 1.91. The molecule has 0 aromatic heterocycles. The molecular weight excluding hydrogens is 202 g/mol. The van der Waals surface area contributed by atoms with E-state index in [1.807, 2.05) is 13.8 Å². The lowest BCUT2D eigenvalue weighted by Gasteiger charge is -2.24. The van der Waals surface area contributed by atoms with Crippen LogP contribution in [0.3, 0.4) is 0 Å². The zero-order valence-electron chi connectivity index (χ0n) is 10.4. The highest BCUT2D eigenvalue weighted by atomic mass is 16.5. The van der Waals surface area contributed by atoms with E-state index in [0.717, 1.165) is 30.7 Å². The molecule has 0 amide bonds. The quantitative estimate of drug-likeness (QED) is 0.574. The first-order valence-corrected chi connectivity index (χ1v) is 5.64. The summed E-state index contributed by atoms with van der Waals surface area (Å²) in [5.74, 6) is 0.666. The summed E-state index contributed by atoms with van der Waals surface area (Å²) in [6.07, 6.45) is 2.16. The molecule has 0 aliphatic carbocycles. The number of rotatable bonds is 2. The third-order valence-corrected chi connectivity index (χ3v) is 2.84. The van der Waals surface area contributed by atoms with Crippen molar-refractivity contribution in [2.75, 3.05) is 6.61 Å². The van der Waals surface area contributed by atoms with Crippen LogP contribution < -0.4 is 5.73 Å². The van der Waals surface area contributed by atoms with Gasteiger partial charge in [-0.05, 0) is 40.3 Å². The van der Waals surface area contributed by atoms with E-state index in [0.29, 0.717) is 5.84 Å². The molecule has 2 atom stereocenters. The van der Waals surface area contributed by atoms with E-state index in [4.69, 9.17) is 10.5 Å². The molecule has 4 nitrogen and oxygen atoms in total. The van der Waals surface area contributed by atoms with Crippen LogP contribution in [-0.2, 0) is 4.74 Å². The first-order valence-electron chi connectivity index (χ1n) is 5.64. The van der Waals surface area contributed by atoms with E-state index >= 15 is 0 Å². The largest absolute Gasteiger partial charge is 0.402 e. The van der Waals surface area contributed by atoms with Gasteiger partial charge in [-0.15, -0.1) is 0 Å². The van der Waals surface area contributed by atoms with Crippen LogP contribution in [0.4, 0.5) is 0 Å². The smallest absolute Gasteiger partial charge is 0.151 e. The molecule has 1 aliphatic heterocycles. The maximum atomic E-state index is 5.73. The third kappa shape index (κ3) is 3.45. The van der Waals surface area contributed by atoms with Crippen molar-refractivity contribution in [3.63, 3.8) is 0 Å². The highest BCUT2D eigenvalue weighted by Crippen LogP contribution is 2.18. The van der Waals surface area contributed by atoms with Crippen molar-refractivity contribution in [1.29, 1.82) is 0 Å². The molecule has 0 saturated carbocycles. The van der Waals surface area contributed by atoms with Crippen molar-refractivity contribution in [2.24, 2.45) is 15.7 Å². The molecule has 1 rings (SSSR count). The van der Waals surface area contributed by atoms with Crippen LogP contribution in [0.25, 0.3) is 0 Å². The Morgan fingerprint density at radius 2 is 2.12 bits per heavy atom. The molecule has 16 heavy (non-hydrogen) atoms. The minimum atomic E-state index is 0.275. The van der Waals surface area contributed by atoms with Crippen molar-refractivity contribution >= 4 is 12.6 Å². The molecule has 4 heteroatoms. The lowest BCUT2D eigenvalue weighted by atomic mass is 10.0. The minimum Gasteiger partial charge on any atom is -0.402 e. The molecule has 0 radical (unpaired) electrons. The van der Waals surface area contributed by atoms with Gasteiger partial charge in [-0.25, -0.2) is 4.99 Å². The molecule has 1 aliphatic rings. The van der Waals surface area contributed by atoms with E-state index in [1.165, 1.54) is 0 Å². The highest BCUT2D eigenvalue weighted by molar-refractivity contribution is 6.01. The SMILES string of the molecule is C=NC(=NC1CCOC(C)C1)C(C)=C(C)N. The van der Waals surface area contributed by atoms with Crippen molar-refractivity contribution in [1.82, 2.24) is 0 Å². The lowest BCUT2D eigenvalue weighted by Crippen LogP contribution is -2.26. The van der Waals surface area contributed by atoms with E-state index in [1.54, 1.807) is 0 Å². The predicted molar refractivity (Wildman–Crippen MR) is 68.0 cm³/mol. The monoisotopic (exact) mass is 223 g/mol. The Labute approximate surface area is 97.3 Å². The number of allylic oxidation sites excluding steroid dienone is 1. The summed E-state index contributed by atoms with van der Waals surface area (Å²) in [5.41, 5.74) is 7.38. The average Bonchev–Trinajstić information content (AvgIpc) is 2.25.